The molecule has 0 fully saturated rings. The van der Waals surface area contributed by atoms with Gasteiger partial charge in [-0.1, -0.05) is 28.1 Å². The standard InChI is InChI=1S/C14H13BrN2O/c15-11-4-3-6-13(10-11)17-14(18)8-7-12-5-1-2-9-16-12/h1-6,9-10H,7-8H2,(H,17,18). The molecule has 0 aliphatic heterocycles. The van der Waals surface area contributed by atoms with Crippen molar-refractivity contribution in [3.05, 3.63) is 58.8 Å². The van der Waals surface area contributed by atoms with E-state index in [1.807, 2.05) is 42.5 Å². The predicted octanol–water partition coefficient (Wildman–Crippen LogP) is 3.42. The molecule has 0 radical (unpaired) electrons. The van der Waals surface area contributed by atoms with Crippen molar-refractivity contribution >= 4 is 27.5 Å². The molecule has 0 aliphatic carbocycles. The predicted molar refractivity (Wildman–Crippen MR) is 75.3 cm³/mol. The molecule has 1 N–H and O–H groups in total. The molecule has 1 aromatic heterocycles. The maximum atomic E-state index is 11.7. The average molecular weight is 305 g/mol. The second-order valence-corrected chi connectivity index (χ2v) is 4.80. The first-order valence-electron chi connectivity index (χ1n) is 5.69. The third kappa shape index (κ3) is 3.96. The molecule has 2 aromatic rings. The topological polar surface area (TPSA) is 42.0 Å². The van der Waals surface area contributed by atoms with Gasteiger partial charge >= 0.3 is 0 Å². The van der Waals surface area contributed by atoms with E-state index in [0.717, 1.165) is 15.9 Å². The zero-order valence-corrected chi connectivity index (χ0v) is 11.4. The minimum Gasteiger partial charge on any atom is -0.326 e. The molecule has 0 unspecified atom stereocenters. The number of hydrogen-bond donors (Lipinski definition) is 1. The van der Waals surface area contributed by atoms with E-state index in [1.165, 1.54) is 0 Å². The zero-order valence-electron chi connectivity index (χ0n) is 9.77. The van der Waals surface area contributed by atoms with Crippen LogP contribution in [0, 0.1) is 0 Å². The highest BCUT2D eigenvalue weighted by Gasteiger charge is 2.03. The lowest BCUT2D eigenvalue weighted by Gasteiger charge is -2.05. The Balaban J connectivity index is 1.86. The van der Waals surface area contributed by atoms with Crippen molar-refractivity contribution in [3.8, 4) is 0 Å². The van der Waals surface area contributed by atoms with Gasteiger partial charge in [0.1, 0.15) is 0 Å². The Labute approximate surface area is 114 Å². The van der Waals surface area contributed by atoms with Crippen LogP contribution in [0.15, 0.2) is 53.1 Å². The highest BCUT2D eigenvalue weighted by molar-refractivity contribution is 9.10. The molecule has 0 spiro atoms. The van der Waals surface area contributed by atoms with Gasteiger partial charge in [0.25, 0.3) is 0 Å². The second-order valence-electron chi connectivity index (χ2n) is 3.88. The summed E-state index contributed by atoms with van der Waals surface area (Å²) in [6.45, 7) is 0. The monoisotopic (exact) mass is 304 g/mol. The summed E-state index contributed by atoms with van der Waals surface area (Å²) >= 11 is 3.37. The smallest absolute Gasteiger partial charge is 0.224 e. The van der Waals surface area contributed by atoms with Crippen LogP contribution in [-0.2, 0) is 11.2 Å². The minimum atomic E-state index is -0.00115. The Morgan fingerprint density at radius 3 is 2.83 bits per heavy atom. The number of nitrogens with one attached hydrogen (secondary N) is 1. The number of amides is 1. The number of benzene rings is 1. The lowest BCUT2D eigenvalue weighted by Crippen LogP contribution is -2.12. The van der Waals surface area contributed by atoms with Crippen molar-refractivity contribution in [1.82, 2.24) is 4.98 Å². The summed E-state index contributed by atoms with van der Waals surface area (Å²) in [6, 6.07) is 13.3. The zero-order chi connectivity index (χ0) is 12.8. The number of pyridine rings is 1. The first-order chi connectivity index (χ1) is 8.74. The summed E-state index contributed by atoms with van der Waals surface area (Å²) < 4.78 is 0.949. The largest absolute Gasteiger partial charge is 0.326 e. The maximum absolute atomic E-state index is 11.7. The van der Waals surface area contributed by atoms with Crippen LogP contribution in [0.3, 0.4) is 0 Å². The van der Waals surface area contributed by atoms with E-state index in [-0.39, 0.29) is 5.91 Å². The van der Waals surface area contributed by atoms with E-state index in [0.29, 0.717) is 12.8 Å². The van der Waals surface area contributed by atoms with Gasteiger partial charge in [0.15, 0.2) is 0 Å². The van der Waals surface area contributed by atoms with Crippen molar-refractivity contribution in [2.45, 2.75) is 12.8 Å². The Morgan fingerprint density at radius 2 is 2.11 bits per heavy atom. The Morgan fingerprint density at radius 1 is 1.22 bits per heavy atom. The molecule has 92 valence electrons. The number of carbonyl (C=O) groups excluding carboxylic acids is 1. The molecule has 4 heteroatoms. The van der Waals surface area contributed by atoms with Crippen LogP contribution in [0.1, 0.15) is 12.1 Å². The van der Waals surface area contributed by atoms with Crippen LogP contribution in [0.2, 0.25) is 0 Å². The maximum Gasteiger partial charge on any atom is 0.224 e. The first-order valence-corrected chi connectivity index (χ1v) is 6.49. The lowest BCUT2D eigenvalue weighted by molar-refractivity contribution is -0.116. The Hall–Kier alpha value is -1.68. The molecule has 1 heterocycles. The van der Waals surface area contributed by atoms with Gasteiger partial charge < -0.3 is 5.32 Å². The number of hydrogen-bond acceptors (Lipinski definition) is 2. The molecular weight excluding hydrogens is 292 g/mol. The third-order valence-electron chi connectivity index (χ3n) is 2.44. The Bertz CT molecular complexity index is 528. The van der Waals surface area contributed by atoms with Gasteiger partial charge in [0, 0.05) is 28.5 Å². The number of aromatic nitrogens is 1. The van der Waals surface area contributed by atoms with Crippen LogP contribution >= 0.6 is 15.9 Å². The summed E-state index contributed by atoms with van der Waals surface area (Å²) in [4.78, 5) is 15.9. The van der Waals surface area contributed by atoms with Crippen molar-refractivity contribution in [2.24, 2.45) is 0 Å². The molecule has 0 atom stereocenters. The SMILES string of the molecule is O=C(CCc1ccccn1)Nc1cccc(Br)c1. The minimum absolute atomic E-state index is 0.00115. The molecule has 0 aliphatic rings. The van der Waals surface area contributed by atoms with Crippen molar-refractivity contribution in [2.75, 3.05) is 5.32 Å². The van der Waals surface area contributed by atoms with Gasteiger partial charge in [0.05, 0.1) is 0 Å². The van der Waals surface area contributed by atoms with Crippen LogP contribution in [0.25, 0.3) is 0 Å². The van der Waals surface area contributed by atoms with Crippen LogP contribution in [0.4, 0.5) is 5.69 Å². The van der Waals surface area contributed by atoms with E-state index in [4.69, 9.17) is 0 Å². The fourth-order valence-corrected chi connectivity index (χ4v) is 1.98. The summed E-state index contributed by atoms with van der Waals surface area (Å²) in [5, 5.41) is 2.86. The van der Waals surface area contributed by atoms with Crippen molar-refractivity contribution in [3.63, 3.8) is 0 Å². The van der Waals surface area contributed by atoms with Gasteiger partial charge in [-0.3, -0.25) is 9.78 Å². The second kappa shape index (κ2) is 6.31. The van der Waals surface area contributed by atoms with Crippen LogP contribution in [-0.4, -0.2) is 10.9 Å². The molecule has 1 aromatic carbocycles. The lowest BCUT2D eigenvalue weighted by atomic mass is 10.2. The summed E-state index contributed by atoms with van der Waals surface area (Å²) in [7, 11) is 0. The molecule has 3 nitrogen and oxygen atoms in total. The normalized spacial score (nSPS) is 10.1. The van der Waals surface area contributed by atoms with E-state index in [9.17, 15) is 4.79 Å². The van der Waals surface area contributed by atoms with Crippen LogP contribution < -0.4 is 5.32 Å². The molecule has 0 bridgehead atoms. The van der Waals surface area contributed by atoms with Gasteiger partial charge in [-0.25, -0.2) is 0 Å². The average Bonchev–Trinajstić information content (AvgIpc) is 2.38. The first kappa shape index (κ1) is 12.8. The fraction of sp³-hybridized carbons (Fsp3) is 0.143. The molecule has 0 saturated carbocycles. The van der Waals surface area contributed by atoms with Crippen molar-refractivity contribution in [1.29, 1.82) is 0 Å². The third-order valence-corrected chi connectivity index (χ3v) is 2.94. The molecular formula is C14H13BrN2O. The van der Waals surface area contributed by atoms with E-state index in [1.54, 1.807) is 6.20 Å². The van der Waals surface area contributed by atoms with Gasteiger partial charge in [-0.15, -0.1) is 0 Å². The molecule has 1 amide bonds. The van der Waals surface area contributed by atoms with E-state index in [2.05, 4.69) is 26.2 Å². The number of carbonyl (C=O) groups is 1. The Kier molecular flexibility index (Phi) is 4.47. The number of anilines is 1. The van der Waals surface area contributed by atoms with Crippen LogP contribution in [0.5, 0.6) is 0 Å². The number of rotatable bonds is 4. The summed E-state index contributed by atoms with van der Waals surface area (Å²) in [5.74, 6) is -0.00115. The summed E-state index contributed by atoms with van der Waals surface area (Å²) in [5.41, 5.74) is 1.73. The van der Waals surface area contributed by atoms with Crippen molar-refractivity contribution < 1.29 is 4.79 Å². The molecule has 18 heavy (non-hydrogen) atoms. The van der Waals surface area contributed by atoms with Gasteiger partial charge in [-0.05, 0) is 36.8 Å². The van der Waals surface area contributed by atoms with Gasteiger partial charge in [-0.2, -0.15) is 0 Å². The molecule has 2 rings (SSSR count). The highest BCUT2D eigenvalue weighted by Crippen LogP contribution is 2.15. The number of halogens is 1. The van der Waals surface area contributed by atoms with E-state index < -0.39 is 0 Å². The summed E-state index contributed by atoms with van der Waals surface area (Å²) in [6.07, 6.45) is 2.83. The number of nitrogens with zero attached hydrogens (tertiary/aromatic N) is 1. The molecule has 0 saturated heterocycles. The number of aryl methyl sites for hydroxylation is 1. The van der Waals surface area contributed by atoms with E-state index >= 15 is 0 Å². The highest BCUT2D eigenvalue weighted by atomic mass is 79.9. The van der Waals surface area contributed by atoms with Gasteiger partial charge in [0.2, 0.25) is 5.91 Å². The quantitative estimate of drug-likeness (QED) is 0.940. The fourth-order valence-electron chi connectivity index (χ4n) is 1.58.